The van der Waals surface area contributed by atoms with Crippen molar-refractivity contribution in [2.24, 2.45) is 5.14 Å². The highest BCUT2D eigenvalue weighted by molar-refractivity contribution is 9.10. The Morgan fingerprint density at radius 1 is 1.69 bits per heavy atom. The predicted molar refractivity (Wildman–Crippen MR) is 56.6 cm³/mol. The first-order valence-corrected chi connectivity index (χ1v) is 6.55. The smallest absolute Gasteiger partial charge is 0.216 e. The summed E-state index contributed by atoms with van der Waals surface area (Å²) < 4.78 is 23.7. The summed E-state index contributed by atoms with van der Waals surface area (Å²) in [5.74, 6) is 0. The van der Waals surface area contributed by atoms with Crippen LogP contribution in [0.15, 0.2) is 15.9 Å². The van der Waals surface area contributed by atoms with E-state index in [-0.39, 0.29) is 0 Å². The highest BCUT2D eigenvalue weighted by Gasteiger charge is 2.13. The van der Waals surface area contributed by atoms with Crippen molar-refractivity contribution in [1.29, 1.82) is 0 Å². The standard InChI is InChI=1S/C6H9BrN2O2S2/c1-9(13(8,10)11)4-6-5(7)2-3-12-6/h2-3H,4H2,1H3,(H2,8,10,11). The molecule has 4 nitrogen and oxygen atoms in total. The van der Waals surface area contributed by atoms with E-state index < -0.39 is 10.2 Å². The van der Waals surface area contributed by atoms with Gasteiger partial charge in [-0.2, -0.15) is 12.7 Å². The van der Waals surface area contributed by atoms with E-state index >= 15 is 0 Å². The summed E-state index contributed by atoms with van der Waals surface area (Å²) in [4.78, 5) is 0.941. The highest BCUT2D eigenvalue weighted by atomic mass is 79.9. The zero-order valence-corrected chi connectivity index (χ0v) is 10.1. The average molecular weight is 285 g/mol. The lowest BCUT2D eigenvalue weighted by Gasteiger charge is -2.12. The summed E-state index contributed by atoms with van der Waals surface area (Å²) in [6.07, 6.45) is 0. The normalized spacial score (nSPS) is 12.3. The van der Waals surface area contributed by atoms with Crippen molar-refractivity contribution in [3.8, 4) is 0 Å². The van der Waals surface area contributed by atoms with Gasteiger partial charge < -0.3 is 0 Å². The van der Waals surface area contributed by atoms with Gasteiger partial charge in [-0.05, 0) is 27.4 Å². The van der Waals surface area contributed by atoms with Gasteiger partial charge in [-0.1, -0.05) is 0 Å². The maximum atomic E-state index is 10.9. The van der Waals surface area contributed by atoms with Crippen LogP contribution in [0.25, 0.3) is 0 Å². The van der Waals surface area contributed by atoms with Gasteiger partial charge in [0.25, 0.3) is 10.2 Å². The van der Waals surface area contributed by atoms with E-state index in [9.17, 15) is 8.42 Å². The molecule has 1 heterocycles. The summed E-state index contributed by atoms with van der Waals surface area (Å²) in [5, 5.41) is 6.82. The van der Waals surface area contributed by atoms with E-state index in [0.717, 1.165) is 13.7 Å². The van der Waals surface area contributed by atoms with Gasteiger partial charge in [-0.15, -0.1) is 11.3 Å². The van der Waals surface area contributed by atoms with Crippen LogP contribution in [0.2, 0.25) is 0 Å². The Bertz CT molecular complexity index is 387. The Morgan fingerprint density at radius 2 is 2.31 bits per heavy atom. The largest absolute Gasteiger partial charge is 0.276 e. The second-order valence-electron chi connectivity index (χ2n) is 2.49. The molecule has 0 atom stereocenters. The van der Waals surface area contributed by atoms with Gasteiger partial charge in [-0.25, -0.2) is 5.14 Å². The molecule has 2 N–H and O–H groups in total. The zero-order valence-electron chi connectivity index (χ0n) is 6.90. The molecule has 0 spiro atoms. The molecule has 0 aliphatic heterocycles. The van der Waals surface area contributed by atoms with Crippen LogP contribution >= 0.6 is 27.3 Å². The fourth-order valence-electron chi connectivity index (χ4n) is 0.730. The third-order valence-corrected chi connectivity index (χ3v) is 4.40. The molecule has 1 aromatic heterocycles. The Morgan fingerprint density at radius 3 is 2.69 bits per heavy atom. The Labute approximate surface area is 89.7 Å². The maximum Gasteiger partial charge on any atom is 0.276 e. The molecule has 0 unspecified atom stereocenters. The van der Waals surface area contributed by atoms with Gasteiger partial charge in [0, 0.05) is 16.4 Å². The van der Waals surface area contributed by atoms with E-state index in [1.807, 2.05) is 11.4 Å². The first kappa shape index (κ1) is 11.1. The van der Waals surface area contributed by atoms with Gasteiger partial charge in [0.05, 0.1) is 6.54 Å². The summed E-state index contributed by atoms with van der Waals surface area (Å²) >= 11 is 4.80. The van der Waals surface area contributed by atoms with Crippen molar-refractivity contribution in [1.82, 2.24) is 4.31 Å². The van der Waals surface area contributed by atoms with E-state index in [0.29, 0.717) is 6.54 Å². The lowest BCUT2D eigenvalue weighted by atomic mass is 10.5. The third-order valence-electron chi connectivity index (χ3n) is 1.49. The predicted octanol–water partition coefficient (Wildman–Crippen LogP) is 1.15. The van der Waals surface area contributed by atoms with E-state index in [1.165, 1.54) is 18.4 Å². The summed E-state index contributed by atoms with van der Waals surface area (Å²) in [5.41, 5.74) is 0. The molecule has 0 aliphatic carbocycles. The number of rotatable bonds is 3. The van der Waals surface area contributed by atoms with Crippen molar-refractivity contribution < 1.29 is 8.42 Å². The topological polar surface area (TPSA) is 63.4 Å². The average Bonchev–Trinajstić information content (AvgIpc) is 2.34. The lowest BCUT2D eigenvalue weighted by molar-refractivity contribution is 0.470. The minimum absolute atomic E-state index is 0.303. The summed E-state index contributed by atoms with van der Waals surface area (Å²) in [6.45, 7) is 0.303. The quantitative estimate of drug-likeness (QED) is 0.905. The van der Waals surface area contributed by atoms with Crippen molar-refractivity contribution in [2.45, 2.75) is 6.54 Å². The molecule has 0 saturated heterocycles. The SMILES string of the molecule is CN(Cc1sccc1Br)S(N)(=O)=O. The monoisotopic (exact) mass is 284 g/mol. The van der Waals surface area contributed by atoms with Crippen molar-refractivity contribution in [2.75, 3.05) is 7.05 Å². The highest BCUT2D eigenvalue weighted by Crippen LogP contribution is 2.23. The minimum Gasteiger partial charge on any atom is -0.216 e. The summed E-state index contributed by atoms with van der Waals surface area (Å²) in [7, 11) is -2.13. The molecular formula is C6H9BrN2O2S2. The van der Waals surface area contributed by atoms with Gasteiger partial charge >= 0.3 is 0 Å². The van der Waals surface area contributed by atoms with Crippen LogP contribution in [0.1, 0.15) is 4.88 Å². The molecule has 0 saturated carbocycles. The molecule has 0 aromatic carbocycles. The van der Waals surface area contributed by atoms with E-state index in [2.05, 4.69) is 15.9 Å². The van der Waals surface area contributed by atoms with Crippen molar-refractivity contribution >= 4 is 37.5 Å². The van der Waals surface area contributed by atoms with Crippen molar-refractivity contribution in [3.05, 3.63) is 20.8 Å². The number of thiophene rings is 1. The number of hydrogen-bond donors (Lipinski definition) is 1. The van der Waals surface area contributed by atoms with Crippen LogP contribution < -0.4 is 5.14 Å². The Balaban J connectivity index is 2.77. The van der Waals surface area contributed by atoms with Gasteiger partial charge in [-0.3, -0.25) is 0 Å². The van der Waals surface area contributed by atoms with Crippen LogP contribution in [0.5, 0.6) is 0 Å². The zero-order chi connectivity index (χ0) is 10.1. The van der Waals surface area contributed by atoms with Crippen LogP contribution in [0.3, 0.4) is 0 Å². The number of nitrogens with zero attached hydrogens (tertiary/aromatic N) is 1. The van der Waals surface area contributed by atoms with E-state index in [1.54, 1.807) is 0 Å². The molecule has 1 rings (SSSR count). The maximum absolute atomic E-state index is 10.9. The molecule has 0 bridgehead atoms. The molecule has 0 amide bonds. The summed E-state index contributed by atoms with van der Waals surface area (Å²) in [6, 6.07) is 1.87. The third kappa shape index (κ3) is 3.03. The number of nitrogens with two attached hydrogens (primary N) is 1. The lowest BCUT2D eigenvalue weighted by Crippen LogP contribution is -2.32. The van der Waals surface area contributed by atoms with Gasteiger partial charge in [0.2, 0.25) is 0 Å². The second-order valence-corrected chi connectivity index (χ2v) is 6.00. The van der Waals surface area contributed by atoms with Crippen LogP contribution in [-0.4, -0.2) is 19.8 Å². The molecule has 0 radical (unpaired) electrons. The van der Waals surface area contributed by atoms with Crippen LogP contribution in [-0.2, 0) is 16.8 Å². The van der Waals surface area contributed by atoms with E-state index in [4.69, 9.17) is 5.14 Å². The van der Waals surface area contributed by atoms with Crippen LogP contribution in [0, 0.1) is 0 Å². The van der Waals surface area contributed by atoms with Gasteiger partial charge in [0.1, 0.15) is 0 Å². The van der Waals surface area contributed by atoms with Crippen LogP contribution in [0.4, 0.5) is 0 Å². The number of hydrogen-bond acceptors (Lipinski definition) is 3. The van der Waals surface area contributed by atoms with Gasteiger partial charge in [0.15, 0.2) is 0 Å². The minimum atomic E-state index is -3.58. The molecule has 7 heteroatoms. The first-order chi connectivity index (χ1) is 5.91. The molecular weight excluding hydrogens is 276 g/mol. The Hall–Kier alpha value is 0.0500. The molecule has 13 heavy (non-hydrogen) atoms. The van der Waals surface area contributed by atoms with Crippen molar-refractivity contribution in [3.63, 3.8) is 0 Å². The molecule has 0 fully saturated rings. The molecule has 74 valence electrons. The fraction of sp³-hybridized carbons (Fsp3) is 0.333. The Kier molecular flexibility index (Phi) is 3.47. The molecule has 1 aromatic rings. The first-order valence-electron chi connectivity index (χ1n) is 3.37. The second kappa shape index (κ2) is 4.05. The number of halogens is 1. The fourth-order valence-corrected chi connectivity index (χ4v) is 2.65. The molecule has 0 aliphatic rings.